The zero-order valence-corrected chi connectivity index (χ0v) is 11.4. The number of nitrogens with one attached hydrogen (secondary N) is 1. The van der Waals surface area contributed by atoms with Crippen molar-refractivity contribution in [1.82, 2.24) is 4.98 Å². The minimum Gasteiger partial charge on any atom is -0.761 e. The van der Waals surface area contributed by atoms with Crippen molar-refractivity contribution in [2.45, 2.75) is 6.18 Å². The summed E-state index contributed by atoms with van der Waals surface area (Å²) in [6, 6.07) is 5.05. The molecule has 2 rings (SSSR count). The maximum absolute atomic E-state index is 12.6. The highest BCUT2D eigenvalue weighted by molar-refractivity contribution is 6.33. The molecule has 0 atom stereocenters. The molecule has 0 aliphatic heterocycles. The van der Waals surface area contributed by atoms with Crippen molar-refractivity contribution in [3.8, 4) is 11.3 Å². The summed E-state index contributed by atoms with van der Waals surface area (Å²) in [6.45, 7) is 0. The molecular weight excluding hydrogens is 325 g/mol. The molecule has 0 saturated heterocycles. The summed E-state index contributed by atoms with van der Waals surface area (Å²) in [4.78, 5) is 14.7. The second-order valence-electron chi connectivity index (χ2n) is 4.19. The fraction of sp³-hybridized carbons (Fsp3) is 0.0769. The van der Waals surface area contributed by atoms with Crippen LogP contribution in [0.1, 0.15) is 16.1 Å². The average molecular weight is 332 g/mol. The number of halogens is 4. The molecule has 0 aliphatic carbocycles. The zero-order valence-electron chi connectivity index (χ0n) is 10.6. The normalized spacial score (nSPS) is 11.3. The second-order valence-corrected chi connectivity index (χ2v) is 4.60. The fourth-order valence-corrected chi connectivity index (χ4v) is 2.03. The van der Waals surface area contributed by atoms with Gasteiger partial charge in [-0.25, -0.2) is 9.78 Å². The van der Waals surface area contributed by atoms with Crippen molar-refractivity contribution in [2.24, 2.45) is 0 Å². The molecule has 0 fully saturated rings. The molecule has 2 N–H and O–H groups in total. The van der Waals surface area contributed by atoms with Crippen LogP contribution in [0, 0.1) is 5.21 Å². The van der Waals surface area contributed by atoms with Gasteiger partial charge in [-0.1, -0.05) is 17.7 Å². The predicted molar refractivity (Wildman–Crippen MR) is 73.6 cm³/mol. The Kier molecular flexibility index (Phi) is 4.25. The van der Waals surface area contributed by atoms with Gasteiger partial charge in [0.05, 0.1) is 22.0 Å². The number of rotatable bonds is 3. The molecule has 1 aromatic heterocycles. The van der Waals surface area contributed by atoms with E-state index in [2.05, 4.69) is 4.98 Å². The number of carbonyl (C=O) groups is 1. The molecule has 0 saturated carbocycles. The molecule has 9 heteroatoms. The first kappa shape index (κ1) is 16.1. The third-order valence-electron chi connectivity index (χ3n) is 2.78. The Morgan fingerprint density at radius 1 is 1.27 bits per heavy atom. The highest BCUT2D eigenvalue weighted by Crippen LogP contribution is 2.35. The Bertz CT molecular complexity index is 735. The van der Waals surface area contributed by atoms with Crippen LogP contribution in [0.15, 0.2) is 30.3 Å². The monoisotopic (exact) mass is 331 g/mol. The largest absolute Gasteiger partial charge is 0.761 e. The first-order valence-electron chi connectivity index (χ1n) is 5.73. The lowest BCUT2D eigenvalue weighted by molar-refractivity contribution is -0.137. The Balaban J connectivity index is 2.53. The number of benzene rings is 1. The molecule has 0 amide bonds. The van der Waals surface area contributed by atoms with E-state index in [1.54, 1.807) is 0 Å². The quantitative estimate of drug-likeness (QED) is 0.829. The third kappa shape index (κ3) is 3.12. The first-order chi connectivity index (χ1) is 10.2. The standard InChI is InChI=1S/C13H7ClF3N2O3/c14-8-5-6(13(15,16)17)1-2-7(8)9-3-4-10(19-22)11(18-9)12(20)21/h1-5,19H,(H,20,21)/q-1. The fourth-order valence-electron chi connectivity index (χ4n) is 1.75. The van der Waals surface area contributed by atoms with Crippen molar-refractivity contribution < 1.29 is 23.1 Å². The molecular formula is C13H7ClF3N2O3-. The van der Waals surface area contributed by atoms with Crippen molar-refractivity contribution in [3.63, 3.8) is 0 Å². The molecule has 1 heterocycles. The maximum atomic E-state index is 12.6. The van der Waals surface area contributed by atoms with E-state index in [0.29, 0.717) is 0 Å². The number of anilines is 1. The van der Waals surface area contributed by atoms with E-state index in [4.69, 9.17) is 16.7 Å². The number of hydrogen-bond acceptors (Lipinski definition) is 4. The van der Waals surface area contributed by atoms with E-state index in [0.717, 1.165) is 24.3 Å². The number of pyridine rings is 1. The molecule has 1 aromatic carbocycles. The van der Waals surface area contributed by atoms with Crippen LogP contribution in [0.25, 0.3) is 11.3 Å². The van der Waals surface area contributed by atoms with Crippen LogP contribution in [-0.4, -0.2) is 16.1 Å². The van der Waals surface area contributed by atoms with Gasteiger partial charge in [-0.2, -0.15) is 13.2 Å². The molecule has 0 aliphatic rings. The van der Waals surface area contributed by atoms with Gasteiger partial charge in [0.25, 0.3) is 0 Å². The molecule has 0 unspecified atom stereocenters. The third-order valence-corrected chi connectivity index (χ3v) is 3.09. The van der Waals surface area contributed by atoms with Crippen molar-refractivity contribution >= 4 is 23.3 Å². The van der Waals surface area contributed by atoms with E-state index >= 15 is 0 Å². The van der Waals surface area contributed by atoms with E-state index in [9.17, 15) is 23.2 Å². The molecule has 0 bridgehead atoms. The number of alkyl halides is 3. The van der Waals surface area contributed by atoms with Crippen molar-refractivity contribution in [2.75, 3.05) is 5.48 Å². The molecule has 22 heavy (non-hydrogen) atoms. The Labute approximate surface area is 126 Å². The van der Waals surface area contributed by atoms with Gasteiger partial charge in [0.1, 0.15) is 0 Å². The van der Waals surface area contributed by atoms with E-state index < -0.39 is 23.4 Å². The van der Waals surface area contributed by atoms with Crippen LogP contribution >= 0.6 is 11.6 Å². The second kappa shape index (κ2) is 5.82. The van der Waals surface area contributed by atoms with Crippen LogP contribution in [0.5, 0.6) is 0 Å². The average Bonchev–Trinajstić information content (AvgIpc) is 2.45. The number of aromatic carboxylic acids is 1. The molecule has 5 nitrogen and oxygen atoms in total. The highest BCUT2D eigenvalue weighted by atomic mass is 35.5. The topological polar surface area (TPSA) is 85.3 Å². The summed E-state index contributed by atoms with van der Waals surface area (Å²) in [5, 5.41) is 19.4. The van der Waals surface area contributed by atoms with E-state index in [1.165, 1.54) is 11.5 Å². The Morgan fingerprint density at radius 3 is 2.45 bits per heavy atom. The zero-order chi connectivity index (χ0) is 16.5. The molecule has 116 valence electrons. The smallest absolute Gasteiger partial charge is 0.416 e. The van der Waals surface area contributed by atoms with Gasteiger partial charge < -0.3 is 15.8 Å². The number of aromatic nitrogens is 1. The highest BCUT2D eigenvalue weighted by Gasteiger charge is 2.31. The Hall–Kier alpha value is -2.32. The SMILES string of the molecule is O=C(O)c1nc(-c2ccc(C(F)(F)F)cc2Cl)ccc1N[O-]. The predicted octanol–water partition coefficient (Wildman–Crippen LogP) is 4.03. The summed E-state index contributed by atoms with van der Waals surface area (Å²) in [5.74, 6) is -1.46. The van der Waals surface area contributed by atoms with Crippen LogP contribution in [0.4, 0.5) is 18.9 Å². The van der Waals surface area contributed by atoms with Crippen LogP contribution in [0.3, 0.4) is 0 Å². The molecule has 0 radical (unpaired) electrons. The number of hydrogen-bond donors (Lipinski definition) is 2. The first-order valence-corrected chi connectivity index (χ1v) is 6.11. The van der Waals surface area contributed by atoms with Gasteiger partial charge >= 0.3 is 12.1 Å². The van der Waals surface area contributed by atoms with Crippen LogP contribution in [-0.2, 0) is 6.18 Å². The summed E-state index contributed by atoms with van der Waals surface area (Å²) < 4.78 is 37.7. The van der Waals surface area contributed by atoms with E-state index in [-0.39, 0.29) is 22.0 Å². The Morgan fingerprint density at radius 2 is 1.95 bits per heavy atom. The van der Waals surface area contributed by atoms with Crippen LogP contribution in [0.2, 0.25) is 5.02 Å². The van der Waals surface area contributed by atoms with Crippen molar-refractivity contribution in [1.29, 1.82) is 0 Å². The minimum absolute atomic E-state index is 0.0372. The number of carboxylic acid groups (broad SMARTS) is 1. The van der Waals surface area contributed by atoms with Gasteiger partial charge in [-0.05, 0) is 24.3 Å². The lowest BCUT2D eigenvalue weighted by atomic mass is 10.1. The molecule has 0 spiro atoms. The van der Waals surface area contributed by atoms with Gasteiger partial charge in [-0.15, -0.1) is 0 Å². The summed E-state index contributed by atoms with van der Waals surface area (Å²) >= 11 is 5.81. The lowest BCUT2D eigenvalue weighted by Gasteiger charge is -2.14. The van der Waals surface area contributed by atoms with Gasteiger partial charge in [0.2, 0.25) is 0 Å². The van der Waals surface area contributed by atoms with Crippen molar-refractivity contribution in [3.05, 3.63) is 51.8 Å². The summed E-state index contributed by atoms with van der Waals surface area (Å²) in [6.07, 6.45) is -4.54. The summed E-state index contributed by atoms with van der Waals surface area (Å²) in [7, 11) is 0. The van der Waals surface area contributed by atoms with Gasteiger partial charge in [0, 0.05) is 5.56 Å². The summed E-state index contributed by atoms with van der Waals surface area (Å²) in [5.41, 5.74) is -0.168. The lowest BCUT2D eigenvalue weighted by Crippen LogP contribution is -2.07. The number of nitrogens with zero attached hydrogens (tertiary/aromatic N) is 1. The van der Waals surface area contributed by atoms with Gasteiger partial charge in [0.15, 0.2) is 5.69 Å². The van der Waals surface area contributed by atoms with E-state index in [1.807, 2.05) is 0 Å². The minimum atomic E-state index is -4.54. The maximum Gasteiger partial charge on any atom is 0.416 e. The van der Waals surface area contributed by atoms with Gasteiger partial charge in [-0.3, -0.25) is 0 Å². The molecule has 2 aromatic rings. The number of carboxylic acids is 1. The van der Waals surface area contributed by atoms with Crippen LogP contribution < -0.4 is 5.48 Å².